The second kappa shape index (κ2) is 6.58. The van der Waals surface area contributed by atoms with Gasteiger partial charge in [0.2, 0.25) is 5.91 Å². The number of carbonyl (C=O) groups excluding carboxylic acids is 1. The molecular formula is C16H17N7O. The summed E-state index contributed by atoms with van der Waals surface area (Å²) in [6.45, 7) is 0. The molecule has 0 spiro atoms. The van der Waals surface area contributed by atoms with Gasteiger partial charge in [-0.15, -0.1) is 22.5 Å². The molecule has 1 aliphatic heterocycles. The highest BCUT2D eigenvalue weighted by Gasteiger charge is 2.39. The molecular weight excluding hydrogens is 306 g/mol. The fourth-order valence-electron chi connectivity index (χ4n) is 2.38. The van der Waals surface area contributed by atoms with Crippen molar-refractivity contribution in [3.8, 4) is 23.7 Å². The molecule has 1 N–H and O–H groups in total. The van der Waals surface area contributed by atoms with Crippen LogP contribution in [0.1, 0.15) is 25.7 Å². The van der Waals surface area contributed by atoms with Crippen LogP contribution in [0.25, 0.3) is 11.4 Å². The van der Waals surface area contributed by atoms with E-state index in [4.69, 9.17) is 6.42 Å². The van der Waals surface area contributed by atoms with Crippen molar-refractivity contribution < 1.29 is 4.79 Å². The van der Waals surface area contributed by atoms with Crippen molar-refractivity contribution in [2.45, 2.75) is 31.3 Å². The van der Waals surface area contributed by atoms with E-state index in [-0.39, 0.29) is 5.91 Å². The molecule has 0 atom stereocenters. The summed E-state index contributed by atoms with van der Waals surface area (Å²) in [6, 6.07) is 1.81. The van der Waals surface area contributed by atoms with Gasteiger partial charge in [-0.25, -0.2) is 0 Å². The third-order valence-corrected chi connectivity index (χ3v) is 3.80. The van der Waals surface area contributed by atoms with E-state index in [1.807, 2.05) is 13.1 Å². The summed E-state index contributed by atoms with van der Waals surface area (Å²) in [7, 11) is 1.85. The van der Waals surface area contributed by atoms with E-state index < -0.39 is 5.66 Å². The van der Waals surface area contributed by atoms with Crippen LogP contribution in [0.3, 0.4) is 0 Å². The summed E-state index contributed by atoms with van der Waals surface area (Å²) in [5, 5.41) is 18.8. The average molecular weight is 323 g/mol. The van der Waals surface area contributed by atoms with E-state index >= 15 is 0 Å². The zero-order valence-corrected chi connectivity index (χ0v) is 13.3. The fraction of sp³-hybridized carbons (Fsp3) is 0.375. The van der Waals surface area contributed by atoms with Crippen molar-refractivity contribution in [3.63, 3.8) is 0 Å². The third-order valence-electron chi connectivity index (χ3n) is 3.80. The third kappa shape index (κ3) is 3.63. The topological polar surface area (TPSA) is 97.4 Å². The number of pyridine rings is 1. The summed E-state index contributed by atoms with van der Waals surface area (Å²) in [6.07, 6.45) is 12.3. The van der Waals surface area contributed by atoms with Gasteiger partial charge in [0, 0.05) is 44.5 Å². The highest BCUT2D eigenvalue weighted by atomic mass is 16.1. The maximum absolute atomic E-state index is 12.1. The molecule has 2 aromatic rings. The van der Waals surface area contributed by atoms with E-state index in [1.54, 1.807) is 23.3 Å². The molecule has 1 aliphatic rings. The Kier molecular flexibility index (Phi) is 4.33. The fourth-order valence-corrected chi connectivity index (χ4v) is 2.38. The minimum Gasteiger partial charge on any atom is -0.325 e. The average Bonchev–Trinajstić information content (AvgIpc) is 3.23. The Morgan fingerprint density at radius 2 is 2.21 bits per heavy atom. The van der Waals surface area contributed by atoms with Crippen LogP contribution in [0.15, 0.2) is 35.0 Å². The van der Waals surface area contributed by atoms with Gasteiger partial charge in [0.15, 0.2) is 11.5 Å². The molecule has 0 aliphatic carbocycles. The smallest absolute Gasteiger partial charge is 0.224 e. The molecule has 0 radical (unpaired) electrons. The van der Waals surface area contributed by atoms with Crippen molar-refractivity contribution >= 4 is 11.6 Å². The Hall–Kier alpha value is -3.08. The van der Waals surface area contributed by atoms with Gasteiger partial charge in [0.05, 0.1) is 11.9 Å². The summed E-state index contributed by atoms with van der Waals surface area (Å²) in [4.78, 5) is 16.3. The summed E-state index contributed by atoms with van der Waals surface area (Å²) < 4.78 is 1.79. The molecule has 8 heteroatoms. The molecule has 122 valence electrons. The highest BCUT2D eigenvalue weighted by Crippen LogP contribution is 2.37. The maximum atomic E-state index is 12.1. The number of terminal acetylenes is 1. The summed E-state index contributed by atoms with van der Waals surface area (Å²) >= 11 is 0. The Morgan fingerprint density at radius 1 is 1.38 bits per heavy atom. The van der Waals surface area contributed by atoms with Crippen molar-refractivity contribution in [2.24, 2.45) is 17.3 Å². The Labute approximate surface area is 139 Å². The van der Waals surface area contributed by atoms with E-state index in [0.717, 1.165) is 5.56 Å². The van der Waals surface area contributed by atoms with Crippen LogP contribution in [-0.2, 0) is 11.8 Å². The van der Waals surface area contributed by atoms with Gasteiger partial charge in [0.25, 0.3) is 0 Å². The summed E-state index contributed by atoms with van der Waals surface area (Å²) in [5.74, 6) is 3.15. The van der Waals surface area contributed by atoms with Crippen LogP contribution in [0.4, 0.5) is 5.69 Å². The molecule has 24 heavy (non-hydrogen) atoms. The van der Waals surface area contributed by atoms with Gasteiger partial charge >= 0.3 is 0 Å². The number of carbonyl (C=O) groups is 1. The second-order valence-corrected chi connectivity index (χ2v) is 5.66. The lowest BCUT2D eigenvalue weighted by molar-refractivity contribution is -0.116. The molecule has 0 saturated carbocycles. The molecule has 0 bridgehead atoms. The van der Waals surface area contributed by atoms with Crippen molar-refractivity contribution in [1.82, 2.24) is 19.7 Å². The first-order valence-electron chi connectivity index (χ1n) is 7.59. The molecule has 8 nitrogen and oxygen atoms in total. The molecule has 2 aromatic heterocycles. The van der Waals surface area contributed by atoms with Crippen molar-refractivity contribution in [2.75, 3.05) is 5.32 Å². The lowest BCUT2D eigenvalue weighted by Crippen LogP contribution is -2.17. The van der Waals surface area contributed by atoms with E-state index in [0.29, 0.717) is 37.2 Å². The Morgan fingerprint density at radius 3 is 2.88 bits per heavy atom. The largest absolute Gasteiger partial charge is 0.325 e. The van der Waals surface area contributed by atoms with E-state index in [2.05, 4.69) is 36.6 Å². The van der Waals surface area contributed by atoms with Gasteiger partial charge in [0.1, 0.15) is 6.33 Å². The van der Waals surface area contributed by atoms with Gasteiger partial charge < -0.3 is 9.88 Å². The Balaban J connectivity index is 1.57. The molecule has 0 saturated heterocycles. The monoisotopic (exact) mass is 323 g/mol. The number of aryl methyl sites for hydroxylation is 1. The quantitative estimate of drug-likeness (QED) is 0.790. The lowest BCUT2D eigenvalue weighted by Gasteiger charge is -2.09. The molecule has 3 rings (SSSR count). The number of nitrogens with zero attached hydrogens (tertiary/aromatic N) is 6. The van der Waals surface area contributed by atoms with Crippen LogP contribution in [-0.4, -0.2) is 31.3 Å². The first-order chi connectivity index (χ1) is 11.6. The van der Waals surface area contributed by atoms with Crippen LogP contribution < -0.4 is 5.32 Å². The maximum Gasteiger partial charge on any atom is 0.224 e. The zero-order valence-electron chi connectivity index (χ0n) is 13.3. The van der Waals surface area contributed by atoms with Gasteiger partial charge in [-0.2, -0.15) is 10.2 Å². The van der Waals surface area contributed by atoms with E-state index in [1.165, 1.54) is 0 Å². The molecule has 1 amide bonds. The van der Waals surface area contributed by atoms with Gasteiger partial charge in [-0.3, -0.25) is 9.78 Å². The molecule has 0 unspecified atom stereocenters. The van der Waals surface area contributed by atoms with Crippen LogP contribution in [0.5, 0.6) is 0 Å². The standard InChI is InChI=1S/C16H17N7O/c1-3-4-6-16(21-22-16)7-5-14(24)19-13-8-12(9-17-10-13)15-20-18-11-23(15)2/h1,8-11H,4-7H2,2H3,(H,19,24). The number of hydrogen-bond acceptors (Lipinski definition) is 6. The molecule has 0 fully saturated rings. The number of hydrogen-bond donors (Lipinski definition) is 1. The minimum absolute atomic E-state index is 0.107. The molecule has 0 aromatic carbocycles. The lowest BCUT2D eigenvalue weighted by atomic mass is 10.0. The zero-order chi connectivity index (χ0) is 17.0. The summed E-state index contributed by atoms with van der Waals surface area (Å²) in [5.41, 5.74) is 0.955. The van der Waals surface area contributed by atoms with Crippen LogP contribution in [0, 0.1) is 12.3 Å². The number of rotatable bonds is 7. The predicted molar refractivity (Wildman–Crippen MR) is 87.8 cm³/mol. The van der Waals surface area contributed by atoms with E-state index in [9.17, 15) is 4.79 Å². The molecule has 3 heterocycles. The van der Waals surface area contributed by atoms with Gasteiger partial charge in [-0.1, -0.05) is 0 Å². The van der Waals surface area contributed by atoms with Gasteiger partial charge in [-0.05, 0) is 6.07 Å². The second-order valence-electron chi connectivity index (χ2n) is 5.66. The van der Waals surface area contributed by atoms with Crippen molar-refractivity contribution in [3.05, 3.63) is 24.8 Å². The minimum atomic E-state index is -0.442. The first kappa shape index (κ1) is 15.8. The normalized spacial score (nSPS) is 14.2. The number of nitrogens with one attached hydrogen (secondary N) is 1. The van der Waals surface area contributed by atoms with Crippen LogP contribution in [0.2, 0.25) is 0 Å². The SMILES string of the molecule is C#CCCC1(CCC(=O)Nc2cncc(-c3nncn3C)c2)N=N1. The predicted octanol–water partition coefficient (Wildman–Crippen LogP) is 2.17. The Bertz CT molecular complexity index is 812. The number of aromatic nitrogens is 4. The number of anilines is 1. The first-order valence-corrected chi connectivity index (χ1v) is 7.59. The van der Waals surface area contributed by atoms with Crippen LogP contribution >= 0.6 is 0 Å². The number of amides is 1. The highest BCUT2D eigenvalue weighted by molar-refractivity contribution is 5.91. The van der Waals surface area contributed by atoms with Crippen molar-refractivity contribution in [1.29, 1.82) is 0 Å².